The van der Waals surface area contributed by atoms with Crippen LogP contribution in [0.2, 0.25) is 0 Å². The number of hydrogen-bond donors (Lipinski definition) is 1. The van der Waals surface area contributed by atoms with E-state index < -0.39 is 0 Å². The van der Waals surface area contributed by atoms with Crippen LogP contribution in [0.4, 0.5) is 0 Å². The van der Waals surface area contributed by atoms with Crippen molar-refractivity contribution in [2.75, 3.05) is 6.54 Å². The van der Waals surface area contributed by atoms with E-state index in [1.54, 1.807) is 5.56 Å². The van der Waals surface area contributed by atoms with Crippen LogP contribution < -0.4 is 5.32 Å². The Morgan fingerprint density at radius 2 is 2.00 bits per heavy atom. The van der Waals surface area contributed by atoms with Crippen LogP contribution in [-0.4, -0.2) is 6.54 Å². The Morgan fingerprint density at radius 1 is 1.24 bits per heavy atom. The summed E-state index contributed by atoms with van der Waals surface area (Å²) in [5, 5.41) is 3.58. The molecule has 1 aromatic rings. The summed E-state index contributed by atoms with van der Waals surface area (Å²) in [7, 11) is 0. The van der Waals surface area contributed by atoms with E-state index in [1.165, 1.54) is 31.2 Å². The van der Waals surface area contributed by atoms with Gasteiger partial charge in [0.15, 0.2) is 0 Å². The van der Waals surface area contributed by atoms with E-state index in [9.17, 15) is 0 Å². The molecule has 0 radical (unpaired) electrons. The minimum absolute atomic E-state index is 0.829. The molecule has 0 heterocycles. The summed E-state index contributed by atoms with van der Waals surface area (Å²) in [5.41, 5.74) is 3.10. The van der Waals surface area contributed by atoms with Crippen molar-refractivity contribution in [3.05, 3.63) is 35.4 Å². The zero-order valence-corrected chi connectivity index (χ0v) is 11.2. The lowest BCUT2D eigenvalue weighted by atomic mass is 10.0. The van der Waals surface area contributed by atoms with Gasteiger partial charge in [-0.2, -0.15) is 0 Å². The summed E-state index contributed by atoms with van der Waals surface area (Å²) in [6, 6.07) is 8.93. The van der Waals surface area contributed by atoms with Crippen LogP contribution in [-0.2, 0) is 6.54 Å². The van der Waals surface area contributed by atoms with Crippen LogP contribution in [0.3, 0.4) is 0 Å². The smallest absolute Gasteiger partial charge is 0.0208 e. The lowest BCUT2D eigenvalue weighted by Gasteiger charge is -2.10. The normalized spacial score (nSPS) is 15.5. The first-order valence-electron chi connectivity index (χ1n) is 7.06. The van der Waals surface area contributed by atoms with Gasteiger partial charge in [-0.1, -0.05) is 38.1 Å². The highest BCUT2D eigenvalue weighted by atomic mass is 14.8. The molecule has 17 heavy (non-hydrogen) atoms. The van der Waals surface area contributed by atoms with Crippen LogP contribution >= 0.6 is 0 Å². The number of nitrogens with one attached hydrogen (secondary N) is 1. The number of rotatable bonds is 7. The third-order valence-electron chi connectivity index (χ3n) is 3.52. The Bertz CT molecular complexity index is 339. The molecule has 0 atom stereocenters. The highest BCUT2D eigenvalue weighted by molar-refractivity contribution is 5.33. The van der Waals surface area contributed by atoms with Gasteiger partial charge in [-0.3, -0.25) is 0 Å². The molecule has 1 heteroatoms. The fourth-order valence-electron chi connectivity index (χ4n) is 2.35. The Balaban J connectivity index is 1.75. The van der Waals surface area contributed by atoms with Gasteiger partial charge < -0.3 is 5.32 Å². The van der Waals surface area contributed by atoms with Gasteiger partial charge in [0.25, 0.3) is 0 Å². The Labute approximate surface area is 106 Å². The number of hydrogen-bond acceptors (Lipinski definition) is 1. The first-order valence-corrected chi connectivity index (χ1v) is 7.06. The first kappa shape index (κ1) is 12.6. The second-order valence-electron chi connectivity index (χ2n) is 5.69. The Morgan fingerprint density at radius 3 is 2.71 bits per heavy atom. The van der Waals surface area contributed by atoms with E-state index in [0.29, 0.717) is 0 Å². The van der Waals surface area contributed by atoms with Crippen molar-refractivity contribution in [2.24, 2.45) is 5.92 Å². The maximum absolute atomic E-state index is 3.58. The van der Waals surface area contributed by atoms with Crippen LogP contribution in [0.1, 0.15) is 56.6 Å². The van der Waals surface area contributed by atoms with E-state index in [2.05, 4.69) is 43.4 Å². The monoisotopic (exact) mass is 231 g/mol. The van der Waals surface area contributed by atoms with Gasteiger partial charge in [-0.25, -0.2) is 0 Å². The summed E-state index contributed by atoms with van der Waals surface area (Å²) in [5.74, 6) is 1.69. The van der Waals surface area contributed by atoms with Crippen molar-refractivity contribution >= 4 is 0 Å². The standard InChI is InChI=1S/C16H25N/c1-13(2)6-5-11-17-12-15-7-3-4-8-16(15)14-9-10-14/h3-4,7-8,13-14,17H,5-6,9-12H2,1-2H3. The largest absolute Gasteiger partial charge is 0.313 e. The minimum atomic E-state index is 0.829. The molecule has 1 N–H and O–H groups in total. The molecule has 0 unspecified atom stereocenters. The highest BCUT2D eigenvalue weighted by Crippen LogP contribution is 2.41. The average molecular weight is 231 g/mol. The summed E-state index contributed by atoms with van der Waals surface area (Å²) in [6.45, 7) is 6.78. The van der Waals surface area contributed by atoms with Crippen molar-refractivity contribution in [3.8, 4) is 0 Å². The first-order chi connectivity index (χ1) is 8.27. The fraction of sp³-hybridized carbons (Fsp3) is 0.625. The summed E-state index contributed by atoms with van der Waals surface area (Å²) in [6.07, 6.45) is 5.41. The van der Waals surface area contributed by atoms with Crippen molar-refractivity contribution < 1.29 is 0 Å². The molecule has 1 aliphatic carbocycles. The summed E-state index contributed by atoms with van der Waals surface area (Å²) >= 11 is 0. The van der Waals surface area contributed by atoms with Gasteiger partial charge in [0, 0.05) is 6.54 Å². The Kier molecular flexibility index (Phi) is 4.61. The number of benzene rings is 1. The molecule has 2 rings (SSSR count). The van der Waals surface area contributed by atoms with Crippen LogP contribution in [0.5, 0.6) is 0 Å². The van der Waals surface area contributed by atoms with Gasteiger partial charge >= 0.3 is 0 Å². The lowest BCUT2D eigenvalue weighted by molar-refractivity contribution is 0.527. The molecule has 94 valence electrons. The van der Waals surface area contributed by atoms with Gasteiger partial charge in [0.2, 0.25) is 0 Å². The van der Waals surface area contributed by atoms with E-state index in [0.717, 1.165) is 24.9 Å². The average Bonchev–Trinajstić information content (AvgIpc) is 3.13. The van der Waals surface area contributed by atoms with Crippen LogP contribution in [0.15, 0.2) is 24.3 Å². The van der Waals surface area contributed by atoms with Crippen LogP contribution in [0, 0.1) is 5.92 Å². The molecule has 0 aromatic heterocycles. The molecule has 1 fully saturated rings. The van der Waals surface area contributed by atoms with Crippen molar-refractivity contribution in [2.45, 2.75) is 52.0 Å². The molecular formula is C16H25N. The third kappa shape index (κ3) is 4.16. The van der Waals surface area contributed by atoms with E-state index in [-0.39, 0.29) is 0 Å². The second kappa shape index (κ2) is 6.20. The molecule has 0 spiro atoms. The summed E-state index contributed by atoms with van der Waals surface area (Å²) < 4.78 is 0. The van der Waals surface area contributed by atoms with Gasteiger partial charge in [-0.05, 0) is 55.2 Å². The highest BCUT2D eigenvalue weighted by Gasteiger charge is 2.25. The van der Waals surface area contributed by atoms with E-state index in [1.807, 2.05) is 0 Å². The van der Waals surface area contributed by atoms with Gasteiger partial charge in [-0.15, -0.1) is 0 Å². The molecule has 0 aliphatic heterocycles. The molecule has 1 aromatic carbocycles. The molecule has 1 saturated carbocycles. The SMILES string of the molecule is CC(C)CCCNCc1ccccc1C1CC1. The zero-order valence-electron chi connectivity index (χ0n) is 11.2. The van der Waals surface area contributed by atoms with Crippen molar-refractivity contribution in [1.82, 2.24) is 5.32 Å². The molecule has 0 bridgehead atoms. The molecular weight excluding hydrogens is 206 g/mol. The van der Waals surface area contributed by atoms with Crippen LogP contribution in [0.25, 0.3) is 0 Å². The topological polar surface area (TPSA) is 12.0 Å². The predicted molar refractivity (Wildman–Crippen MR) is 74.2 cm³/mol. The molecule has 1 aliphatic rings. The maximum atomic E-state index is 3.58. The molecule has 1 nitrogen and oxygen atoms in total. The second-order valence-corrected chi connectivity index (χ2v) is 5.69. The molecule has 0 amide bonds. The van der Waals surface area contributed by atoms with E-state index in [4.69, 9.17) is 0 Å². The Hall–Kier alpha value is -0.820. The van der Waals surface area contributed by atoms with Gasteiger partial charge in [0.05, 0.1) is 0 Å². The maximum Gasteiger partial charge on any atom is 0.0208 e. The van der Waals surface area contributed by atoms with Crippen molar-refractivity contribution in [1.29, 1.82) is 0 Å². The van der Waals surface area contributed by atoms with Crippen molar-refractivity contribution in [3.63, 3.8) is 0 Å². The van der Waals surface area contributed by atoms with Gasteiger partial charge in [0.1, 0.15) is 0 Å². The summed E-state index contributed by atoms with van der Waals surface area (Å²) in [4.78, 5) is 0. The quantitative estimate of drug-likeness (QED) is 0.697. The molecule has 0 saturated heterocycles. The lowest BCUT2D eigenvalue weighted by Crippen LogP contribution is -2.16. The van der Waals surface area contributed by atoms with E-state index >= 15 is 0 Å². The zero-order chi connectivity index (χ0) is 12.1. The predicted octanol–water partition coefficient (Wildman–Crippen LogP) is 4.09. The third-order valence-corrected chi connectivity index (χ3v) is 3.52. The fourth-order valence-corrected chi connectivity index (χ4v) is 2.35. The minimum Gasteiger partial charge on any atom is -0.313 e.